The molecule has 1 atom stereocenters. The fourth-order valence-electron chi connectivity index (χ4n) is 5.40. The molecule has 1 heterocycles. The van der Waals surface area contributed by atoms with Crippen LogP contribution in [-0.2, 0) is 14.3 Å². The number of nitrogens with one attached hydrogen (secondary N) is 1. The highest BCUT2D eigenvalue weighted by atomic mass is 19.3. The summed E-state index contributed by atoms with van der Waals surface area (Å²) < 4.78 is 33.6. The second kappa shape index (κ2) is 8.62. The molecule has 2 fully saturated rings. The van der Waals surface area contributed by atoms with Gasteiger partial charge in [-0.3, -0.25) is 9.59 Å². The molecular weight excluding hydrogens is 458 g/mol. The van der Waals surface area contributed by atoms with Gasteiger partial charge in [0.05, 0.1) is 0 Å². The number of nitrogens with zero attached hydrogens (tertiary/aromatic N) is 1. The summed E-state index contributed by atoms with van der Waals surface area (Å²) in [5.41, 5.74) is 3.06. The lowest BCUT2D eigenvalue weighted by molar-refractivity contribution is -0.172. The third kappa shape index (κ3) is 4.02. The van der Waals surface area contributed by atoms with E-state index in [0.717, 1.165) is 27.2 Å². The van der Waals surface area contributed by atoms with E-state index in [1.54, 1.807) is 0 Å². The Morgan fingerprint density at radius 2 is 1.60 bits per heavy atom. The Labute approximate surface area is 201 Å². The van der Waals surface area contributed by atoms with Crippen LogP contribution in [0.25, 0.3) is 11.1 Å². The number of alkyl carbamates (subject to hydrolysis) is 1. The Balaban J connectivity index is 1.26. The van der Waals surface area contributed by atoms with Crippen LogP contribution in [0.2, 0.25) is 0 Å². The number of hydrogen-bond acceptors (Lipinski definition) is 4. The number of aliphatic carboxylic acids is 1. The number of halogens is 2. The van der Waals surface area contributed by atoms with Crippen molar-refractivity contribution < 1.29 is 33.0 Å². The van der Waals surface area contributed by atoms with E-state index in [0.29, 0.717) is 19.3 Å². The van der Waals surface area contributed by atoms with E-state index in [9.17, 15) is 28.3 Å². The predicted molar refractivity (Wildman–Crippen MR) is 122 cm³/mol. The topological polar surface area (TPSA) is 95.9 Å². The first-order valence-electron chi connectivity index (χ1n) is 11.7. The standard InChI is InChI=1S/C26H26F2N2O5/c27-26(28)12-13-30(14-21(26)22(31)32)23(33)25(10-5-11-25)29-24(34)35-15-20-18-8-3-1-6-16(18)17-7-2-4-9-19(17)20/h1-4,6-9,20-21H,5,10-15H2,(H,29,34)(H,31,32). The van der Waals surface area contributed by atoms with Gasteiger partial charge in [0.1, 0.15) is 18.1 Å². The van der Waals surface area contributed by atoms with Crippen molar-refractivity contribution in [1.82, 2.24) is 10.2 Å². The van der Waals surface area contributed by atoms with Gasteiger partial charge < -0.3 is 20.1 Å². The summed E-state index contributed by atoms with van der Waals surface area (Å²) in [6, 6.07) is 15.9. The van der Waals surface area contributed by atoms with Gasteiger partial charge in [0.2, 0.25) is 5.91 Å². The number of alkyl halides is 2. The van der Waals surface area contributed by atoms with E-state index in [1.807, 2.05) is 48.5 Å². The maximum absolute atomic E-state index is 14.0. The van der Waals surface area contributed by atoms with Gasteiger partial charge in [-0.25, -0.2) is 13.6 Å². The van der Waals surface area contributed by atoms with Gasteiger partial charge in [0.15, 0.2) is 0 Å². The smallest absolute Gasteiger partial charge is 0.408 e. The second-order valence-corrected chi connectivity index (χ2v) is 9.54. The van der Waals surface area contributed by atoms with E-state index in [1.165, 1.54) is 0 Å². The van der Waals surface area contributed by atoms with Crippen LogP contribution in [0.3, 0.4) is 0 Å². The summed E-state index contributed by atoms with van der Waals surface area (Å²) in [7, 11) is 0. The van der Waals surface area contributed by atoms with Gasteiger partial charge in [0, 0.05) is 25.4 Å². The molecule has 3 aliphatic rings. The van der Waals surface area contributed by atoms with E-state index in [2.05, 4.69) is 5.32 Å². The number of carboxylic acids is 1. The third-order valence-corrected chi connectivity index (χ3v) is 7.51. The molecule has 1 aliphatic heterocycles. The van der Waals surface area contributed by atoms with Crippen LogP contribution in [0.1, 0.15) is 42.7 Å². The van der Waals surface area contributed by atoms with Crippen molar-refractivity contribution in [3.8, 4) is 11.1 Å². The highest BCUT2D eigenvalue weighted by molar-refractivity contribution is 5.91. The van der Waals surface area contributed by atoms with Crippen molar-refractivity contribution in [3.05, 3.63) is 59.7 Å². The predicted octanol–water partition coefficient (Wildman–Crippen LogP) is 4.02. The molecule has 0 bridgehead atoms. The Morgan fingerprint density at radius 3 is 2.14 bits per heavy atom. The van der Waals surface area contributed by atoms with Crippen molar-refractivity contribution in [2.75, 3.05) is 19.7 Å². The lowest BCUT2D eigenvalue weighted by atomic mass is 9.75. The number of ether oxygens (including phenoxy) is 1. The van der Waals surface area contributed by atoms with Crippen LogP contribution in [0.15, 0.2) is 48.5 Å². The fourth-order valence-corrected chi connectivity index (χ4v) is 5.40. The molecule has 0 aromatic heterocycles. The summed E-state index contributed by atoms with van der Waals surface area (Å²) in [4.78, 5) is 38.5. The molecule has 1 saturated heterocycles. The van der Waals surface area contributed by atoms with Crippen molar-refractivity contribution in [2.24, 2.45) is 5.92 Å². The molecule has 2 aromatic carbocycles. The summed E-state index contributed by atoms with van der Waals surface area (Å²) in [6.45, 7) is -0.764. The highest BCUT2D eigenvalue weighted by Gasteiger charge is 2.54. The number of fused-ring (bicyclic) bond motifs is 3. The van der Waals surface area contributed by atoms with Gasteiger partial charge in [-0.05, 0) is 41.5 Å². The molecule has 2 N–H and O–H groups in total. The number of carbonyl (C=O) groups is 3. The average molecular weight is 484 g/mol. The number of hydrogen-bond donors (Lipinski definition) is 2. The van der Waals surface area contributed by atoms with Crippen LogP contribution >= 0.6 is 0 Å². The van der Waals surface area contributed by atoms with Crippen molar-refractivity contribution in [3.63, 3.8) is 0 Å². The first-order chi connectivity index (χ1) is 16.7. The van der Waals surface area contributed by atoms with Crippen LogP contribution in [-0.4, -0.2) is 59.1 Å². The fraction of sp³-hybridized carbons (Fsp3) is 0.423. The van der Waals surface area contributed by atoms with Crippen LogP contribution < -0.4 is 5.32 Å². The lowest BCUT2D eigenvalue weighted by Crippen LogP contribution is -2.66. The molecule has 9 heteroatoms. The zero-order valence-electron chi connectivity index (χ0n) is 19.0. The minimum atomic E-state index is -3.38. The normalized spacial score (nSPS) is 21.9. The molecule has 5 rings (SSSR count). The van der Waals surface area contributed by atoms with E-state index >= 15 is 0 Å². The maximum Gasteiger partial charge on any atom is 0.408 e. The van der Waals surface area contributed by atoms with E-state index < -0.39 is 48.3 Å². The van der Waals surface area contributed by atoms with Gasteiger partial charge in [0.25, 0.3) is 5.92 Å². The summed E-state index contributed by atoms with van der Waals surface area (Å²) in [6.07, 6.45) is -0.100. The zero-order valence-corrected chi connectivity index (χ0v) is 19.0. The molecule has 35 heavy (non-hydrogen) atoms. The van der Waals surface area contributed by atoms with Crippen molar-refractivity contribution >= 4 is 18.0 Å². The first-order valence-corrected chi connectivity index (χ1v) is 11.7. The second-order valence-electron chi connectivity index (χ2n) is 9.54. The summed E-state index contributed by atoms with van der Waals surface area (Å²) in [5.74, 6) is -7.65. The zero-order chi connectivity index (χ0) is 24.8. The van der Waals surface area contributed by atoms with E-state index in [4.69, 9.17) is 4.74 Å². The molecule has 1 unspecified atom stereocenters. The molecule has 184 valence electrons. The SMILES string of the molecule is O=C(NC1(C(=O)N2CCC(F)(F)C(C(=O)O)C2)CCC1)OCC1c2ccccc2-c2ccccc21. The van der Waals surface area contributed by atoms with Gasteiger partial charge >= 0.3 is 12.1 Å². The minimum Gasteiger partial charge on any atom is -0.481 e. The average Bonchev–Trinajstić information content (AvgIpc) is 3.13. The number of benzene rings is 2. The molecule has 2 amide bonds. The molecule has 0 spiro atoms. The number of piperidine rings is 1. The lowest BCUT2D eigenvalue weighted by Gasteiger charge is -2.46. The monoisotopic (exact) mass is 484 g/mol. The Morgan fingerprint density at radius 1 is 1.00 bits per heavy atom. The van der Waals surface area contributed by atoms with Crippen LogP contribution in [0, 0.1) is 5.92 Å². The molecule has 0 radical (unpaired) electrons. The quantitative estimate of drug-likeness (QED) is 0.669. The number of amides is 2. The van der Waals surface area contributed by atoms with Crippen molar-refractivity contribution in [1.29, 1.82) is 0 Å². The molecule has 1 saturated carbocycles. The van der Waals surface area contributed by atoms with Crippen LogP contribution in [0.4, 0.5) is 13.6 Å². The Kier molecular flexibility index (Phi) is 5.73. The first kappa shape index (κ1) is 23.3. The largest absolute Gasteiger partial charge is 0.481 e. The minimum absolute atomic E-state index is 0.0845. The van der Waals surface area contributed by atoms with E-state index in [-0.39, 0.29) is 19.1 Å². The van der Waals surface area contributed by atoms with Gasteiger partial charge in [-0.2, -0.15) is 0 Å². The molecule has 2 aromatic rings. The number of likely N-dealkylation sites (tertiary alicyclic amines) is 1. The summed E-state index contributed by atoms with van der Waals surface area (Å²) >= 11 is 0. The third-order valence-electron chi connectivity index (χ3n) is 7.51. The highest BCUT2D eigenvalue weighted by Crippen LogP contribution is 2.44. The Hall–Kier alpha value is -3.49. The Bertz CT molecular complexity index is 1130. The molecule has 7 nitrogen and oxygen atoms in total. The molecular formula is C26H26F2N2O5. The van der Waals surface area contributed by atoms with Crippen LogP contribution in [0.5, 0.6) is 0 Å². The summed E-state index contributed by atoms with van der Waals surface area (Å²) in [5, 5.41) is 11.9. The number of carboxylic acid groups (broad SMARTS) is 1. The van der Waals surface area contributed by atoms with Gasteiger partial charge in [-0.15, -0.1) is 0 Å². The van der Waals surface area contributed by atoms with Crippen molar-refractivity contribution in [2.45, 2.75) is 43.1 Å². The molecule has 2 aliphatic carbocycles. The maximum atomic E-state index is 14.0. The van der Waals surface area contributed by atoms with Gasteiger partial charge in [-0.1, -0.05) is 48.5 Å². The number of carbonyl (C=O) groups excluding carboxylic acids is 2. The number of rotatable bonds is 5.